The number of ether oxygens (including phenoxy) is 2. The number of morpholine rings is 1. The highest BCUT2D eigenvalue weighted by molar-refractivity contribution is 6.33. The highest BCUT2D eigenvalue weighted by Crippen LogP contribution is 2.32. The first-order valence-electron chi connectivity index (χ1n) is 28.0. The Kier molecular flexibility index (Phi) is 18.2. The van der Waals surface area contributed by atoms with Gasteiger partial charge in [0.2, 0.25) is 0 Å². The molecule has 1 amide bonds. The van der Waals surface area contributed by atoms with E-state index in [1.54, 1.807) is 38.9 Å². The van der Waals surface area contributed by atoms with Crippen molar-refractivity contribution in [1.82, 2.24) is 53.0 Å². The Morgan fingerprint density at radius 2 is 1.19 bits per heavy atom. The highest BCUT2D eigenvalue weighted by Gasteiger charge is 2.16. The van der Waals surface area contributed by atoms with Gasteiger partial charge >= 0.3 is 0 Å². The number of nitrogens with one attached hydrogen (secondary N) is 3. The SMILES string of the molecule is CCN(CCO)c1ccc(Nc2nc(-c3ccccc3Cl)cn3ccnc23)cc1.CN(C)C(=O)COc1cccc(Nc2nc(-c3ccccc3)cn3ccnc23)c1.c1cncc(-c2cn3ccnc3c(Nc3ccc(N4CCOCC4)cc3)n2)c1. The van der Waals surface area contributed by atoms with E-state index in [0.717, 1.165) is 106 Å². The monoisotopic (exact) mass is 1170 g/mol. The number of carbonyl (C=O) groups excluding carboxylic acids is 1. The third-order valence-electron chi connectivity index (χ3n) is 14.0. The van der Waals surface area contributed by atoms with Crippen LogP contribution in [0, 0.1) is 0 Å². The van der Waals surface area contributed by atoms with Crippen molar-refractivity contribution in [2.24, 2.45) is 0 Å². The molecule has 1 saturated heterocycles. The molecule has 1 fully saturated rings. The zero-order valence-electron chi connectivity index (χ0n) is 47.7. The molecular weight excluding hydrogens is 1100 g/mol. The Morgan fingerprint density at radius 3 is 1.77 bits per heavy atom. The summed E-state index contributed by atoms with van der Waals surface area (Å²) in [6.07, 6.45) is 20.4. The van der Waals surface area contributed by atoms with Crippen molar-refractivity contribution < 1.29 is 19.4 Å². The van der Waals surface area contributed by atoms with Gasteiger partial charge < -0.3 is 58.4 Å². The molecule has 0 bridgehead atoms. The standard InChI is InChI=1S/C22H22ClN5O.C22H21N5O2.C21H20N6O/c1-2-27(13-14-29)17-9-7-16(8-10-17)25-21-22-24-11-12-28(22)15-20(26-21)18-5-3-4-6-19(18)23;1-26(2)20(28)15-29-18-10-6-9-17(13-18)24-21-22-23-11-12-27(22)14-19(25-21)16-7-4-3-5-8-16;1-2-16(14-22-7-1)19-15-27-9-8-23-21(27)20(25-19)24-17-3-5-18(6-4-17)26-10-12-28-13-11-26/h3-12,15,29H,2,13-14H2,1H3,(H,25,26);3-14H,15H2,1-2H3,(H,24,25);1-9,14-15H,10-13H2,(H,24,25). The topological polar surface area (TPSA) is 205 Å². The number of halogens is 1. The van der Waals surface area contributed by atoms with Crippen molar-refractivity contribution in [3.63, 3.8) is 0 Å². The number of rotatable bonds is 17. The number of benzene rings is 5. The van der Waals surface area contributed by atoms with Gasteiger partial charge in [-0.25, -0.2) is 29.9 Å². The van der Waals surface area contributed by atoms with E-state index in [4.69, 9.17) is 36.0 Å². The fraction of sp³-hybridized carbons (Fsp3) is 0.169. The maximum atomic E-state index is 11.7. The maximum Gasteiger partial charge on any atom is 0.259 e. The Morgan fingerprint density at radius 1 is 0.628 bits per heavy atom. The van der Waals surface area contributed by atoms with Crippen LogP contribution in [-0.4, -0.2) is 131 Å². The zero-order chi connectivity index (χ0) is 59.2. The second-order valence-corrected chi connectivity index (χ2v) is 20.4. The number of fused-ring (bicyclic) bond motifs is 3. The van der Waals surface area contributed by atoms with Crippen molar-refractivity contribution in [2.45, 2.75) is 6.92 Å². The molecule has 1 aliphatic rings. The first-order chi connectivity index (χ1) is 42.2. The molecule has 0 spiro atoms. The number of hydrogen-bond acceptors (Lipinski definition) is 16. The number of imidazole rings is 3. The van der Waals surface area contributed by atoms with Crippen LogP contribution in [0.25, 0.3) is 50.7 Å². The predicted octanol–water partition coefficient (Wildman–Crippen LogP) is 11.6. The summed E-state index contributed by atoms with van der Waals surface area (Å²) in [6.45, 7) is 7.05. The first-order valence-corrected chi connectivity index (χ1v) is 28.4. The van der Waals surface area contributed by atoms with Crippen LogP contribution in [0.15, 0.2) is 208 Å². The largest absolute Gasteiger partial charge is 0.484 e. The molecule has 5 aromatic carbocycles. The van der Waals surface area contributed by atoms with Gasteiger partial charge in [-0.05, 0) is 85.8 Å². The van der Waals surface area contributed by atoms with E-state index in [1.165, 1.54) is 10.6 Å². The quantitative estimate of drug-likeness (QED) is 0.0669. The molecule has 0 saturated carbocycles. The molecule has 434 valence electrons. The van der Waals surface area contributed by atoms with E-state index in [0.29, 0.717) is 34.8 Å². The highest BCUT2D eigenvalue weighted by atomic mass is 35.5. The minimum atomic E-state index is -0.0975. The fourth-order valence-corrected chi connectivity index (χ4v) is 9.75. The molecule has 0 aliphatic carbocycles. The van der Waals surface area contributed by atoms with Crippen molar-refractivity contribution in [3.8, 4) is 39.5 Å². The fourth-order valence-electron chi connectivity index (χ4n) is 9.52. The van der Waals surface area contributed by atoms with E-state index >= 15 is 0 Å². The summed E-state index contributed by atoms with van der Waals surface area (Å²) < 4.78 is 16.9. The smallest absolute Gasteiger partial charge is 0.259 e. The van der Waals surface area contributed by atoms with Gasteiger partial charge in [-0.15, -0.1) is 0 Å². The molecule has 8 heterocycles. The molecule has 0 unspecified atom stereocenters. The van der Waals surface area contributed by atoms with Crippen LogP contribution in [0.3, 0.4) is 0 Å². The van der Waals surface area contributed by atoms with Gasteiger partial charge in [0.05, 0.1) is 41.9 Å². The summed E-state index contributed by atoms with van der Waals surface area (Å²) in [5, 5.41) is 20.0. The first kappa shape index (κ1) is 57.4. The predicted molar refractivity (Wildman–Crippen MR) is 339 cm³/mol. The van der Waals surface area contributed by atoms with Crippen molar-refractivity contribution in [3.05, 3.63) is 213 Å². The van der Waals surface area contributed by atoms with E-state index < -0.39 is 0 Å². The molecule has 20 nitrogen and oxygen atoms in total. The van der Waals surface area contributed by atoms with E-state index in [-0.39, 0.29) is 19.1 Å². The van der Waals surface area contributed by atoms with Gasteiger partial charge in [0.15, 0.2) is 41.0 Å². The minimum Gasteiger partial charge on any atom is -0.484 e. The lowest BCUT2D eigenvalue weighted by atomic mass is 10.1. The second-order valence-electron chi connectivity index (χ2n) is 20.0. The lowest BCUT2D eigenvalue weighted by molar-refractivity contribution is -0.130. The van der Waals surface area contributed by atoms with E-state index in [2.05, 4.69) is 76.9 Å². The second kappa shape index (κ2) is 27.3. The van der Waals surface area contributed by atoms with Gasteiger partial charge in [-0.2, -0.15) is 0 Å². The van der Waals surface area contributed by atoms with Crippen LogP contribution in [0.4, 0.5) is 45.9 Å². The summed E-state index contributed by atoms with van der Waals surface area (Å²) >= 11 is 6.38. The van der Waals surface area contributed by atoms with Crippen LogP contribution in [0.5, 0.6) is 5.75 Å². The van der Waals surface area contributed by atoms with Gasteiger partial charge in [0.1, 0.15) is 5.75 Å². The lowest BCUT2D eigenvalue weighted by Gasteiger charge is -2.28. The van der Waals surface area contributed by atoms with E-state index in [9.17, 15) is 9.90 Å². The lowest BCUT2D eigenvalue weighted by Crippen LogP contribution is -2.36. The summed E-state index contributed by atoms with van der Waals surface area (Å²) in [5.41, 5.74) is 12.5. The summed E-state index contributed by atoms with van der Waals surface area (Å²) in [5.74, 6) is 2.51. The average Bonchev–Trinajstić information content (AvgIpc) is 3.34. The van der Waals surface area contributed by atoms with Gasteiger partial charge in [0, 0.05) is 160 Å². The van der Waals surface area contributed by atoms with Crippen molar-refractivity contribution in [1.29, 1.82) is 0 Å². The van der Waals surface area contributed by atoms with Crippen LogP contribution in [-0.2, 0) is 9.53 Å². The minimum absolute atomic E-state index is 0.0112. The Hall–Kier alpha value is -10.4. The molecule has 86 heavy (non-hydrogen) atoms. The number of aliphatic hydroxyl groups excluding tert-OH is 1. The van der Waals surface area contributed by atoms with Crippen LogP contribution >= 0.6 is 11.6 Å². The Labute approximate surface area is 502 Å². The average molecular weight is 1170 g/mol. The van der Waals surface area contributed by atoms with E-state index in [1.807, 2.05) is 172 Å². The van der Waals surface area contributed by atoms with Crippen LogP contribution in [0.2, 0.25) is 5.02 Å². The van der Waals surface area contributed by atoms with Gasteiger partial charge in [-0.1, -0.05) is 66.2 Å². The molecule has 1 aliphatic heterocycles. The number of pyridine rings is 1. The number of carbonyl (C=O) groups is 1. The number of nitrogens with zero attached hydrogens (tertiary/aromatic N) is 13. The Balaban J connectivity index is 0.000000134. The molecule has 4 N–H and O–H groups in total. The maximum absolute atomic E-state index is 11.7. The Bertz CT molecular complexity index is 4180. The van der Waals surface area contributed by atoms with Crippen LogP contribution in [0.1, 0.15) is 6.92 Å². The molecule has 12 aromatic rings. The molecule has 0 radical (unpaired) electrons. The van der Waals surface area contributed by atoms with Crippen molar-refractivity contribution >= 4 is 80.3 Å². The number of amides is 1. The summed E-state index contributed by atoms with van der Waals surface area (Å²) in [6, 6.07) is 45.4. The molecule has 0 atom stereocenters. The molecule has 21 heteroatoms. The van der Waals surface area contributed by atoms with Gasteiger partial charge in [0.25, 0.3) is 5.91 Å². The summed E-state index contributed by atoms with van der Waals surface area (Å²) in [7, 11) is 3.40. The van der Waals surface area contributed by atoms with Crippen molar-refractivity contribution in [2.75, 3.05) is 92.5 Å². The number of anilines is 8. The number of hydrogen-bond donors (Lipinski definition) is 4. The number of aliphatic hydroxyl groups is 1. The number of likely N-dealkylation sites (N-methyl/N-ethyl adjacent to an activating group) is 2. The molecular formula is C65H63ClN16O4. The number of aromatic nitrogens is 10. The third-order valence-corrected chi connectivity index (χ3v) is 14.3. The zero-order valence-corrected chi connectivity index (χ0v) is 48.4. The molecule has 13 rings (SSSR count). The van der Waals surface area contributed by atoms with Crippen LogP contribution < -0.4 is 30.5 Å². The molecule has 7 aromatic heterocycles. The summed E-state index contributed by atoms with van der Waals surface area (Å²) in [4.78, 5) is 49.5. The van der Waals surface area contributed by atoms with Gasteiger partial charge in [-0.3, -0.25) is 9.78 Å². The normalized spacial score (nSPS) is 12.0. The third kappa shape index (κ3) is 14.0.